The lowest BCUT2D eigenvalue weighted by Gasteiger charge is -2.31. The molecule has 0 aromatic heterocycles. The molecule has 0 saturated heterocycles. The van der Waals surface area contributed by atoms with E-state index in [1.807, 2.05) is 19.1 Å². The van der Waals surface area contributed by atoms with Crippen LogP contribution in [-0.4, -0.2) is 17.9 Å². The number of ether oxygens (including phenoxy) is 1. The molecule has 1 aliphatic rings. The van der Waals surface area contributed by atoms with Crippen molar-refractivity contribution in [1.82, 2.24) is 0 Å². The Kier molecular flexibility index (Phi) is 5.19. The minimum absolute atomic E-state index is 0.0604. The van der Waals surface area contributed by atoms with Gasteiger partial charge in [-0.05, 0) is 43.4 Å². The average molecular weight is 312 g/mol. The lowest BCUT2D eigenvalue weighted by molar-refractivity contribution is -0.118. The number of carbonyl (C=O) groups is 2. The zero-order valence-electron chi connectivity index (χ0n) is 14.3. The van der Waals surface area contributed by atoms with Crippen LogP contribution in [0.2, 0.25) is 0 Å². The number of benzene rings is 1. The second-order valence-electron chi connectivity index (χ2n) is 6.76. The molecule has 3 heteroatoms. The zero-order valence-corrected chi connectivity index (χ0v) is 14.3. The lowest BCUT2D eigenvalue weighted by atomic mass is 9.73. The van der Waals surface area contributed by atoms with Crippen LogP contribution < -0.4 is 0 Å². The minimum Gasteiger partial charge on any atom is -0.459 e. The monoisotopic (exact) mass is 312 g/mol. The SMILES string of the molecule is CC1=C(C(=O)CC(C)OC(=O)c2ccccc2)C(C)(C)CC=C1. The summed E-state index contributed by atoms with van der Waals surface area (Å²) < 4.78 is 5.40. The normalized spacial score (nSPS) is 17.7. The van der Waals surface area contributed by atoms with E-state index in [4.69, 9.17) is 4.74 Å². The van der Waals surface area contributed by atoms with Gasteiger partial charge >= 0.3 is 5.97 Å². The summed E-state index contributed by atoms with van der Waals surface area (Å²) in [6.07, 6.45) is 4.72. The van der Waals surface area contributed by atoms with Crippen molar-refractivity contribution >= 4 is 11.8 Å². The number of esters is 1. The maximum absolute atomic E-state index is 12.7. The Labute approximate surface area is 138 Å². The standard InChI is InChI=1S/C20H24O3/c1-14-9-8-12-20(3,4)18(14)17(21)13-15(2)23-19(22)16-10-6-5-7-11-16/h5-11,15H,12-13H2,1-4H3. The van der Waals surface area contributed by atoms with Crippen LogP contribution in [0, 0.1) is 5.41 Å². The second-order valence-corrected chi connectivity index (χ2v) is 6.76. The molecule has 1 aliphatic carbocycles. The molecular weight excluding hydrogens is 288 g/mol. The molecule has 23 heavy (non-hydrogen) atoms. The van der Waals surface area contributed by atoms with E-state index < -0.39 is 6.10 Å². The summed E-state index contributed by atoms with van der Waals surface area (Å²) in [5, 5.41) is 0. The molecule has 122 valence electrons. The molecule has 3 nitrogen and oxygen atoms in total. The van der Waals surface area contributed by atoms with Crippen molar-refractivity contribution in [3.63, 3.8) is 0 Å². The van der Waals surface area contributed by atoms with Gasteiger partial charge in [-0.15, -0.1) is 0 Å². The summed E-state index contributed by atoms with van der Waals surface area (Å²) in [7, 11) is 0. The number of carbonyl (C=O) groups excluding carboxylic acids is 2. The van der Waals surface area contributed by atoms with Crippen molar-refractivity contribution in [1.29, 1.82) is 0 Å². The van der Waals surface area contributed by atoms with Crippen LogP contribution in [0.5, 0.6) is 0 Å². The summed E-state index contributed by atoms with van der Waals surface area (Å²) >= 11 is 0. The van der Waals surface area contributed by atoms with Crippen LogP contribution in [0.3, 0.4) is 0 Å². The van der Waals surface area contributed by atoms with Crippen LogP contribution in [0.1, 0.15) is 50.9 Å². The van der Waals surface area contributed by atoms with Gasteiger partial charge in [0.25, 0.3) is 0 Å². The highest BCUT2D eigenvalue weighted by Gasteiger charge is 2.32. The van der Waals surface area contributed by atoms with E-state index in [-0.39, 0.29) is 23.6 Å². The van der Waals surface area contributed by atoms with Gasteiger partial charge in [0, 0.05) is 12.0 Å². The van der Waals surface area contributed by atoms with E-state index in [0.29, 0.717) is 5.56 Å². The second kappa shape index (κ2) is 6.95. The first-order valence-electron chi connectivity index (χ1n) is 7.98. The molecule has 1 aromatic rings. The molecule has 0 spiro atoms. The first-order valence-corrected chi connectivity index (χ1v) is 7.98. The Hall–Kier alpha value is -2.16. The van der Waals surface area contributed by atoms with Gasteiger partial charge < -0.3 is 4.74 Å². The number of rotatable bonds is 5. The smallest absolute Gasteiger partial charge is 0.338 e. The molecule has 0 radical (unpaired) electrons. The third-order valence-electron chi connectivity index (χ3n) is 4.14. The van der Waals surface area contributed by atoms with Crippen molar-refractivity contribution in [3.8, 4) is 0 Å². The Balaban J connectivity index is 2.03. The van der Waals surface area contributed by atoms with Crippen molar-refractivity contribution in [2.24, 2.45) is 5.41 Å². The molecule has 0 saturated carbocycles. The molecular formula is C20H24O3. The molecule has 0 fully saturated rings. The first-order chi connectivity index (χ1) is 10.8. The Morgan fingerprint density at radius 2 is 1.87 bits per heavy atom. The molecule has 1 atom stereocenters. The van der Waals surface area contributed by atoms with Crippen molar-refractivity contribution in [2.45, 2.75) is 46.6 Å². The van der Waals surface area contributed by atoms with Crippen molar-refractivity contribution in [2.75, 3.05) is 0 Å². The first kappa shape index (κ1) is 17.2. The number of Topliss-reactive ketones (excluding diaryl/α,β-unsaturated/α-hetero) is 1. The topological polar surface area (TPSA) is 43.4 Å². The van der Waals surface area contributed by atoms with E-state index in [2.05, 4.69) is 19.9 Å². The van der Waals surface area contributed by atoms with Crippen LogP contribution in [0.4, 0.5) is 0 Å². The van der Waals surface area contributed by atoms with Crippen LogP contribution in [0.15, 0.2) is 53.6 Å². The third-order valence-corrected chi connectivity index (χ3v) is 4.14. The van der Waals surface area contributed by atoms with Crippen LogP contribution in [0.25, 0.3) is 0 Å². The van der Waals surface area contributed by atoms with Gasteiger partial charge in [-0.1, -0.05) is 44.2 Å². The quantitative estimate of drug-likeness (QED) is 0.752. The molecule has 1 unspecified atom stereocenters. The molecule has 0 N–H and O–H groups in total. The predicted molar refractivity (Wildman–Crippen MR) is 91.2 cm³/mol. The summed E-state index contributed by atoms with van der Waals surface area (Å²) in [5.41, 5.74) is 2.19. The maximum atomic E-state index is 12.7. The third kappa shape index (κ3) is 4.19. The molecule has 2 rings (SSSR count). The molecule has 0 heterocycles. The highest BCUT2D eigenvalue weighted by Crippen LogP contribution is 2.38. The highest BCUT2D eigenvalue weighted by atomic mass is 16.5. The fourth-order valence-electron chi connectivity index (χ4n) is 3.08. The summed E-state index contributed by atoms with van der Waals surface area (Å²) in [6.45, 7) is 7.88. The number of hydrogen-bond donors (Lipinski definition) is 0. The van der Waals surface area contributed by atoms with Gasteiger partial charge in [0.05, 0.1) is 5.56 Å². The summed E-state index contributed by atoms with van der Waals surface area (Å²) in [4.78, 5) is 24.7. The van der Waals surface area contributed by atoms with Crippen molar-refractivity contribution < 1.29 is 14.3 Å². The van der Waals surface area contributed by atoms with Crippen molar-refractivity contribution in [3.05, 3.63) is 59.2 Å². The minimum atomic E-state index is -0.447. The fourth-order valence-corrected chi connectivity index (χ4v) is 3.08. The van der Waals surface area contributed by atoms with Gasteiger partial charge in [-0.2, -0.15) is 0 Å². The zero-order chi connectivity index (χ0) is 17.0. The lowest BCUT2D eigenvalue weighted by Crippen LogP contribution is -2.27. The summed E-state index contributed by atoms with van der Waals surface area (Å²) in [5.74, 6) is -0.329. The largest absolute Gasteiger partial charge is 0.459 e. The fraction of sp³-hybridized carbons (Fsp3) is 0.400. The van der Waals surface area contributed by atoms with E-state index >= 15 is 0 Å². The van der Waals surface area contributed by atoms with E-state index in [0.717, 1.165) is 17.6 Å². The number of allylic oxidation sites excluding steroid dienone is 4. The molecule has 0 amide bonds. The Bertz CT molecular complexity index is 651. The highest BCUT2D eigenvalue weighted by molar-refractivity contribution is 5.98. The number of hydrogen-bond acceptors (Lipinski definition) is 3. The van der Waals surface area contributed by atoms with Gasteiger partial charge in [0.2, 0.25) is 0 Å². The summed E-state index contributed by atoms with van der Waals surface area (Å²) in [6, 6.07) is 8.84. The van der Waals surface area contributed by atoms with E-state index in [1.165, 1.54) is 0 Å². The Morgan fingerprint density at radius 3 is 2.48 bits per heavy atom. The van der Waals surface area contributed by atoms with Gasteiger partial charge in [0.1, 0.15) is 6.10 Å². The molecule has 0 bridgehead atoms. The molecule has 0 aliphatic heterocycles. The van der Waals surface area contributed by atoms with Gasteiger partial charge in [0.15, 0.2) is 5.78 Å². The maximum Gasteiger partial charge on any atom is 0.338 e. The Morgan fingerprint density at radius 1 is 1.22 bits per heavy atom. The average Bonchev–Trinajstić information content (AvgIpc) is 2.46. The van der Waals surface area contributed by atoms with E-state index in [9.17, 15) is 9.59 Å². The number of ketones is 1. The van der Waals surface area contributed by atoms with Gasteiger partial charge in [-0.3, -0.25) is 4.79 Å². The predicted octanol–water partition coefficient (Wildman–Crippen LogP) is 4.49. The van der Waals surface area contributed by atoms with Gasteiger partial charge in [-0.25, -0.2) is 4.79 Å². The van der Waals surface area contributed by atoms with Crippen LogP contribution >= 0.6 is 0 Å². The molecule has 1 aromatic carbocycles. The van der Waals surface area contributed by atoms with E-state index in [1.54, 1.807) is 31.2 Å². The van der Waals surface area contributed by atoms with Crippen LogP contribution in [-0.2, 0) is 9.53 Å².